The van der Waals surface area contributed by atoms with Crippen LogP contribution in [0.3, 0.4) is 0 Å². The van der Waals surface area contributed by atoms with Crippen molar-refractivity contribution in [2.75, 3.05) is 24.7 Å². The van der Waals surface area contributed by atoms with Crippen molar-refractivity contribution in [2.45, 2.75) is 26.3 Å². The van der Waals surface area contributed by atoms with Crippen molar-refractivity contribution in [3.05, 3.63) is 18.2 Å². The van der Waals surface area contributed by atoms with E-state index in [2.05, 4.69) is 10.6 Å². The van der Waals surface area contributed by atoms with Gasteiger partial charge in [0, 0.05) is 30.1 Å². The summed E-state index contributed by atoms with van der Waals surface area (Å²) in [7, 11) is 1.58. The molecule has 0 fully saturated rings. The average Bonchev–Trinajstić information content (AvgIpc) is 2.34. The quantitative estimate of drug-likeness (QED) is 0.671. The molecule has 0 spiro atoms. The number of methoxy groups -OCH3 is 1. The average molecular weight is 251 g/mol. The first-order valence-electron chi connectivity index (χ1n) is 6.05. The molecule has 0 aliphatic rings. The first-order chi connectivity index (χ1) is 8.56. The van der Waals surface area contributed by atoms with Crippen molar-refractivity contribution in [1.82, 2.24) is 5.32 Å². The molecule has 1 aromatic carbocycles. The lowest BCUT2D eigenvalue weighted by molar-refractivity contribution is -0.121. The van der Waals surface area contributed by atoms with Crippen LogP contribution in [0.5, 0.6) is 5.75 Å². The van der Waals surface area contributed by atoms with Crippen LogP contribution in [-0.2, 0) is 4.79 Å². The van der Waals surface area contributed by atoms with E-state index in [9.17, 15) is 4.79 Å². The molecule has 0 radical (unpaired) electrons. The van der Waals surface area contributed by atoms with Crippen LogP contribution in [0.15, 0.2) is 18.2 Å². The van der Waals surface area contributed by atoms with Crippen LogP contribution in [0.4, 0.5) is 11.4 Å². The van der Waals surface area contributed by atoms with Crippen LogP contribution < -0.4 is 21.1 Å². The van der Waals surface area contributed by atoms with Crippen LogP contribution in [-0.4, -0.2) is 25.6 Å². The van der Waals surface area contributed by atoms with Crippen LogP contribution >= 0.6 is 0 Å². The van der Waals surface area contributed by atoms with Gasteiger partial charge in [0.1, 0.15) is 11.8 Å². The summed E-state index contributed by atoms with van der Waals surface area (Å²) in [6.07, 6.45) is 0.921. The smallest absolute Gasteiger partial charge is 0.242 e. The van der Waals surface area contributed by atoms with E-state index >= 15 is 0 Å². The lowest BCUT2D eigenvalue weighted by Crippen LogP contribution is -2.37. The second kappa shape index (κ2) is 6.74. The maximum atomic E-state index is 11.7. The van der Waals surface area contributed by atoms with Crippen LogP contribution in [0.25, 0.3) is 0 Å². The molecule has 0 bridgehead atoms. The molecule has 0 saturated heterocycles. The predicted molar refractivity (Wildman–Crippen MR) is 73.8 cm³/mol. The third kappa shape index (κ3) is 4.16. The molecule has 1 atom stereocenters. The lowest BCUT2D eigenvalue weighted by atomic mass is 10.2. The van der Waals surface area contributed by atoms with Crippen LogP contribution in [0.1, 0.15) is 20.3 Å². The molecule has 100 valence electrons. The van der Waals surface area contributed by atoms with E-state index in [1.54, 1.807) is 32.2 Å². The minimum Gasteiger partial charge on any atom is -0.497 e. The minimum absolute atomic E-state index is 0.0294. The van der Waals surface area contributed by atoms with Crippen molar-refractivity contribution in [3.8, 4) is 5.75 Å². The second-order valence-corrected chi connectivity index (χ2v) is 4.15. The Morgan fingerprint density at radius 3 is 2.78 bits per heavy atom. The predicted octanol–water partition coefficient (Wildman–Crippen LogP) is 1.60. The number of anilines is 2. The minimum atomic E-state index is -0.317. The molecule has 5 nitrogen and oxygen atoms in total. The highest BCUT2D eigenvalue weighted by molar-refractivity contribution is 5.84. The fourth-order valence-corrected chi connectivity index (χ4v) is 1.54. The Balaban J connectivity index is 2.66. The maximum Gasteiger partial charge on any atom is 0.242 e. The number of nitrogens with two attached hydrogens (primary N) is 1. The van der Waals surface area contributed by atoms with Crippen molar-refractivity contribution in [3.63, 3.8) is 0 Å². The van der Waals surface area contributed by atoms with E-state index in [0.717, 1.165) is 12.1 Å². The van der Waals surface area contributed by atoms with Crippen molar-refractivity contribution < 1.29 is 9.53 Å². The first-order valence-corrected chi connectivity index (χ1v) is 6.05. The Kier molecular flexibility index (Phi) is 5.30. The molecule has 1 aromatic rings. The summed E-state index contributed by atoms with van der Waals surface area (Å²) in [6, 6.07) is 4.99. The van der Waals surface area contributed by atoms with Gasteiger partial charge in [-0.2, -0.15) is 0 Å². The zero-order valence-electron chi connectivity index (χ0n) is 11.1. The summed E-state index contributed by atoms with van der Waals surface area (Å²) in [5.74, 6) is 0.636. The molecular formula is C13H21N3O2. The molecule has 5 heteroatoms. The molecule has 0 aliphatic carbocycles. The number of hydrogen-bond acceptors (Lipinski definition) is 4. The Morgan fingerprint density at radius 1 is 1.44 bits per heavy atom. The van der Waals surface area contributed by atoms with Gasteiger partial charge in [0.25, 0.3) is 0 Å². The second-order valence-electron chi connectivity index (χ2n) is 4.15. The van der Waals surface area contributed by atoms with Crippen molar-refractivity contribution in [2.24, 2.45) is 0 Å². The zero-order valence-corrected chi connectivity index (χ0v) is 11.1. The van der Waals surface area contributed by atoms with Gasteiger partial charge < -0.3 is 21.1 Å². The molecule has 0 aromatic heterocycles. The van der Waals surface area contributed by atoms with Gasteiger partial charge in [0.15, 0.2) is 0 Å². The molecule has 0 heterocycles. The number of amides is 1. The number of hydrogen-bond donors (Lipinski definition) is 3. The standard InChI is InChI=1S/C13H21N3O2/c1-4-5-15-13(17)9(2)16-11-6-10(14)7-12(8-11)18-3/h6-9,16H,4-5,14H2,1-3H3,(H,15,17). The van der Waals surface area contributed by atoms with Crippen molar-refractivity contribution in [1.29, 1.82) is 0 Å². The highest BCUT2D eigenvalue weighted by atomic mass is 16.5. The summed E-state index contributed by atoms with van der Waals surface area (Å²) in [6.45, 7) is 4.51. The van der Waals surface area contributed by atoms with Crippen LogP contribution in [0.2, 0.25) is 0 Å². The number of benzene rings is 1. The lowest BCUT2D eigenvalue weighted by Gasteiger charge is -2.16. The molecule has 4 N–H and O–H groups in total. The molecule has 1 amide bonds. The van der Waals surface area contributed by atoms with E-state index in [1.807, 2.05) is 6.92 Å². The summed E-state index contributed by atoms with van der Waals surface area (Å²) in [5, 5.41) is 5.93. The molecular weight excluding hydrogens is 230 g/mol. The molecule has 1 rings (SSSR count). The van der Waals surface area contributed by atoms with Crippen molar-refractivity contribution >= 4 is 17.3 Å². The Hall–Kier alpha value is -1.91. The van der Waals surface area contributed by atoms with Gasteiger partial charge in [-0.15, -0.1) is 0 Å². The summed E-state index contributed by atoms with van der Waals surface area (Å²) >= 11 is 0. The van der Waals surface area contributed by atoms with Gasteiger partial charge in [-0.25, -0.2) is 0 Å². The summed E-state index contributed by atoms with van der Waals surface area (Å²) < 4.78 is 5.12. The fourth-order valence-electron chi connectivity index (χ4n) is 1.54. The normalized spacial score (nSPS) is 11.7. The summed E-state index contributed by atoms with van der Waals surface area (Å²) in [5.41, 5.74) is 7.11. The first kappa shape index (κ1) is 14.2. The number of rotatable bonds is 6. The van der Waals surface area contributed by atoms with Gasteiger partial charge in [-0.1, -0.05) is 6.92 Å². The third-order valence-corrected chi connectivity index (χ3v) is 2.49. The van der Waals surface area contributed by atoms with E-state index < -0.39 is 0 Å². The number of carbonyl (C=O) groups is 1. The molecule has 0 aliphatic heterocycles. The monoisotopic (exact) mass is 251 g/mol. The number of nitrogens with one attached hydrogen (secondary N) is 2. The molecule has 0 saturated carbocycles. The SMILES string of the molecule is CCCNC(=O)C(C)Nc1cc(N)cc(OC)c1. The third-order valence-electron chi connectivity index (χ3n) is 2.49. The van der Waals surface area contributed by atoms with Crippen LogP contribution in [0, 0.1) is 0 Å². The zero-order chi connectivity index (χ0) is 13.5. The van der Waals surface area contributed by atoms with Gasteiger partial charge >= 0.3 is 0 Å². The Labute approximate surface area is 108 Å². The Morgan fingerprint density at radius 2 is 2.17 bits per heavy atom. The van der Waals surface area contributed by atoms with Gasteiger partial charge in [0.05, 0.1) is 7.11 Å². The summed E-state index contributed by atoms with van der Waals surface area (Å²) in [4.78, 5) is 11.7. The number of nitrogen functional groups attached to an aromatic ring is 1. The van der Waals surface area contributed by atoms with E-state index in [0.29, 0.717) is 18.0 Å². The highest BCUT2D eigenvalue weighted by Crippen LogP contribution is 2.22. The number of ether oxygens (including phenoxy) is 1. The molecule has 18 heavy (non-hydrogen) atoms. The highest BCUT2D eigenvalue weighted by Gasteiger charge is 2.12. The van der Waals surface area contributed by atoms with Gasteiger partial charge in [0.2, 0.25) is 5.91 Å². The topological polar surface area (TPSA) is 76.4 Å². The van der Waals surface area contributed by atoms with E-state index in [1.165, 1.54) is 0 Å². The fraction of sp³-hybridized carbons (Fsp3) is 0.462. The van der Waals surface area contributed by atoms with Gasteiger partial charge in [-0.3, -0.25) is 4.79 Å². The molecule has 1 unspecified atom stereocenters. The largest absolute Gasteiger partial charge is 0.497 e. The van der Waals surface area contributed by atoms with E-state index in [4.69, 9.17) is 10.5 Å². The van der Waals surface area contributed by atoms with Gasteiger partial charge in [-0.05, 0) is 19.4 Å². The number of carbonyl (C=O) groups excluding carboxylic acids is 1. The maximum absolute atomic E-state index is 11.7. The Bertz CT molecular complexity index is 407. The van der Waals surface area contributed by atoms with E-state index in [-0.39, 0.29) is 11.9 Å².